The highest BCUT2D eigenvalue weighted by Crippen LogP contribution is 2.32. The third-order valence-corrected chi connectivity index (χ3v) is 4.09. The fourth-order valence-corrected chi connectivity index (χ4v) is 2.90. The Labute approximate surface area is 141 Å². The minimum atomic E-state index is -4.78. The first-order chi connectivity index (χ1) is 11.8. The minimum Gasteiger partial charge on any atom is -0.414 e. The highest BCUT2D eigenvalue weighted by Gasteiger charge is 2.46. The Bertz CT molecular complexity index is 710. The number of carbonyl (C=O) groups is 1. The molecular weight excluding hydrogens is 339 g/mol. The Kier molecular flexibility index (Phi) is 4.42. The Balaban J connectivity index is 1.79. The lowest BCUT2D eigenvalue weighted by molar-refractivity contribution is -0.274. The molecule has 3 rings (SSSR count). The van der Waals surface area contributed by atoms with Crippen molar-refractivity contribution in [1.29, 1.82) is 0 Å². The Morgan fingerprint density at radius 2 is 2.04 bits per heavy atom. The quantitative estimate of drug-likeness (QED) is 0.843. The van der Waals surface area contributed by atoms with E-state index >= 15 is 0 Å². The molecule has 9 heteroatoms. The average molecular weight is 355 g/mol. The van der Waals surface area contributed by atoms with Gasteiger partial charge in [-0.2, -0.15) is 0 Å². The Hall–Kier alpha value is -2.55. The molecule has 1 fully saturated rings. The molecule has 0 saturated carbocycles. The van der Waals surface area contributed by atoms with Crippen LogP contribution in [0.25, 0.3) is 0 Å². The van der Waals surface area contributed by atoms with Crippen molar-refractivity contribution in [2.75, 3.05) is 13.1 Å². The van der Waals surface area contributed by atoms with E-state index in [9.17, 15) is 18.0 Å². The average Bonchev–Trinajstić information content (AvgIpc) is 2.86. The van der Waals surface area contributed by atoms with Gasteiger partial charge in [0.05, 0.1) is 0 Å². The van der Waals surface area contributed by atoms with E-state index < -0.39 is 11.9 Å². The van der Waals surface area contributed by atoms with Crippen LogP contribution in [0.2, 0.25) is 0 Å². The van der Waals surface area contributed by atoms with Gasteiger partial charge in [0.1, 0.15) is 23.4 Å². The third-order valence-electron chi connectivity index (χ3n) is 4.09. The van der Waals surface area contributed by atoms with Crippen molar-refractivity contribution in [3.8, 4) is 5.75 Å². The zero-order valence-corrected chi connectivity index (χ0v) is 13.2. The van der Waals surface area contributed by atoms with Crippen LogP contribution in [0, 0.1) is 0 Å². The maximum absolute atomic E-state index is 12.4. The number of amidine groups is 1. The number of halogens is 3. The number of piperidine rings is 1. The number of rotatable bonds is 4. The molecule has 1 N–H and O–H groups in total. The molecule has 2 heterocycles. The number of benzene rings is 1. The molecule has 1 aromatic carbocycles. The molecule has 0 atom stereocenters. The topological polar surface area (TPSA) is 63.2 Å². The Morgan fingerprint density at radius 1 is 1.32 bits per heavy atom. The van der Waals surface area contributed by atoms with Crippen molar-refractivity contribution in [1.82, 2.24) is 10.4 Å². The largest absolute Gasteiger partial charge is 0.573 e. The van der Waals surface area contributed by atoms with Crippen LogP contribution in [-0.4, -0.2) is 41.8 Å². The van der Waals surface area contributed by atoms with Gasteiger partial charge in [0.2, 0.25) is 0 Å². The molecule has 2 aliphatic heterocycles. The summed E-state index contributed by atoms with van der Waals surface area (Å²) in [6, 6.07) is 5.37. The summed E-state index contributed by atoms with van der Waals surface area (Å²) in [4.78, 5) is 22.1. The smallest absolute Gasteiger partial charge is 0.414 e. The van der Waals surface area contributed by atoms with E-state index in [4.69, 9.17) is 4.84 Å². The highest BCUT2D eigenvalue weighted by atomic mass is 19.4. The molecular formula is C16H16F3N3O3. The van der Waals surface area contributed by atoms with E-state index in [1.54, 1.807) is 11.1 Å². The molecule has 25 heavy (non-hydrogen) atoms. The lowest BCUT2D eigenvalue weighted by Gasteiger charge is -2.33. The summed E-state index contributed by atoms with van der Waals surface area (Å²) in [6.07, 6.45) is -2.59. The first kappa shape index (κ1) is 17.3. The molecule has 0 radical (unpaired) electrons. The molecule has 1 amide bonds. The van der Waals surface area contributed by atoms with Crippen molar-refractivity contribution in [3.63, 3.8) is 0 Å². The van der Waals surface area contributed by atoms with Gasteiger partial charge >= 0.3 is 6.36 Å². The molecule has 134 valence electrons. The van der Waals surface area contributed by atoms with E-state index in [2.05, 4.69) is 21.6 Å². The summed E-state index contributed by atoms with van der Waals surface area (Å²) in [5, 5.41) is 4.34. The van der Waals surface area contributed by atoms with Crippen LogP contribution in [-0.2, 0) is 9.63 Å². The van der Waals surface area contributed by atoms with Crippen molar-refractivity contribution in [2.24, 2.45) is 4.99 Å². The van der Waals surface area contributed by atoms with Gasteiger partial charge in [0, 0.05) is 18.7 Å². The van der Waals surface area contributed by atoms with E-state index in [-0.39, 0.29) is 17.5 Å². The van der Waals surface area contributed by atoms with Gasteiger partial charge in [-0.15, -0.1) is 18.2 Å². The van der Waals surface area contributed by atoms with Gasteiger partial charge in [0.25, 0.3) is 5.91 Å². The van der Waals surface area contributed by atoms with Crippen LogP contribution in [0.5, 0.6) is 5.75 Å². The van der Waals surface area contributed by atoms with E-state index in [1.807, 2.05) is 0 Å². The number of hydrogen-bond donors (Lipinski definition) is 1. The fourth-order valence-electron chi connectivity index (χ4n) is 2.90. The molecule has 0 unspecified atom stereocenters. The zero-order chi connectivity index (χ0) is 18.1. The predicted molar refractivity (Wildman–Crippen MR) is 82.6 cm³/mol. The summed E-state index contributed by atoms with van der Waals surface area (Å²) in [5.74, 6) is -0.379. The predicted octanol–water partition coefficient (Wildman–Crippen LogP) is 2.37. The summed E-state index contributed by atoms with van der Waals surface area (Å²) in [7, 11) is 0. The molecule has 1 spiro atoms. The summed E-state index contributed by atoms with van der Waals surface area (Å²) in [5.41, 5.74) is -0.561. The molecule has 6 nitrogen and oxygen atoms in total. The van der Waals surface area contributed by atoms with Crippen LogP contribution in [0.1, 0.15) is 18.4 Å². The number of carbonyl (C=O) groups excluding carboxylic acids is 1. The maximum atomic E-state index is 12.4. The van der Waals surface area contributed by atoms with Crippen LogP contribution >= 0.6 is 0 Å². The van der Waals surface area contributed by atoms with Crippen LogP contribution < -0.4 is 10.1 Å². The fraction of sp³-hybridized carbons (Fsp3) is 0.375. The van der Waals surface area contributed by atoms with Crippen molar-refractivity contribution >= 4 is 11.7 Å². The van der Waals surface area contributed by atoms with Crippen LogP contribution in [0.3, 0.4) is 0 Å². The number of alkyl halides is 3. The lowest BCUT2D eigenvalue weighted by Crippen LogP contribution is -2.48. The van der Waals surface area contributed by atoms with Crippen LogP contribution in [0.15, 0.2) is 42.1 Å². The monoisotopic (exact) mass is 355 g/mol. The van der Waals surface area contributed by atoms with Gasteiger partial charge < -0.3 is 14.9 Å². The van der Waals surface area contributed by atoms with Crippen LogP contribution in [0.4, 0.5) is 13.2 Å². The number of nitrogens with one attached hydrogen (secondary N) is 1. The van der Waals surface area contributed by atoms with Gasteiger partial charge in [-0.3, -0.25) is 9.79 Å². The second kappa shape index (κ2) is 6.40. The van der Waals surface area contributed by atoms with Gasteiger partial charge in [-0.05, 0) is 25.0 Å². The summed E-state index contributed by atoms with van der Waals surface area (Å²) in [6.45, 7) is 4.47. The van der Waals surface area contributed by atoms with E-state index in [0.29, 0.717) is 31.5 Å². The standard InChI is InChI=1S/C16H16F3N3O3/c1-2-24-22-8-6-15(7-9-22)14(23)20-13(21-15)11-4-3-5-12(10-11)25-16(17,18)19/h2-5,10H,1,6-9H2,(H,20,21,23). The lowest BCUT2D eigenvalue weighted by atomic mass is 9.89. The van der Waals surface area contributed by atoms with Crippen molar-refractivity contribution in [3.05, 3.63) is 42.7 Å². The number of ether oxygens (including phenoxy) is 1. The van der Waals surface area contributed by atoms with E-state index in [0.717, 1.165) is 0 Å². The maximum Gasteiger partial charge on any atom is 0.573 e. The number of hydroxylamine groups is 2. The Morgan fingerprint density at radius 3 is 2.68 bits per heavy atom. The SMILES string of the molecule is C=CON1CCC2(CC1)N=C(c1cccc(OC(F)(F)F)c1)NC2=O. The molecule has 0 bridgehead atoms. The zero-order valence-electron chi connectivity index (χ0n) is 13.2. The van der Waals surface area contributed by atoms with Gasteiger partial charge in [0.15, 0.2) is 0 Å². The van der Waals surface area contributed by atoms with E-state index in [1.165, 1.54) is 24.5 Å². The number of amides is 1. The van der Waals surface area contributed by atoms with Crippen molar-refractivity contribution in [2.45, 2.75) is 24.7 Å². The summed E-state index contributed by atoms with van der Waals surface area (Å²) >= 11 is 0. The first-order valence-electron chi connectivity index (χ1n) is 7.61. The second-order valence-corrected chi connectivity index (χ2v) is 5.72. The van der Waals surface area contributed by atoms with Gasteiger partial charge in [-0.25, -0.2) is 0 Å². The molecule has 0 aliphatic carbocycles. The summed E-state index contributed by atoms with van der Waals surface area (Å²) < 4.78 is 41.0. The minimum absolute atomic E-state index is 0.246. The highest BCUT2D eigenvalue weighted by molar-refractivity contribution is 6.15. The van der Waals surface area contributed by atoms with Gasteiger partial charge in [-0.1, -0.05) is 18.7 Å². The molecule has 1 aromatic rings. The molecule has 2 aliphatic rings. The number of aliphatic imine (C=N–C) groups is 1. The first-order valence-corrected chi connectivity index (χ1v) is 7.61. The number of hydrogen-bond acceptors (Lipinski definition) is 5. The third kappa shape index (κ3) is 3.76. The molecule has 0 aromatic heterocycles. The van der Waals surface area contributed by atoms with Crippen molar-refractivity contribution < 1.29 is 27.5 Å². The number of nitrogens with zero attached hydrogens (tertiary/aromatic N) is 2. The second-order valence-electron chi connectivity index (χ2n) is 5.72. The normalized spacial score (nSPS) is 20.1. The molecule has 1 saturated heterocycles.